The van der Waals surface area contributed by atoms with E-state index in [1.807, 2.05) is 13.8 Å². The molecular weight excluding hydrogens is 292 g/mol. The maximum absolute atomic E-state index is 11.7. The molecule has 4 nitrogen and oxygen atoms in total. The van der Waals surface area contributed by atoms with Gasteiger partial charge in [-0.15, -0.1) is 11.3 Å². The van der Waals surface area contributed by atoms with Gasteiger partial charge < -0.3 is 4.74 Å². The minimum Gasteiger partial charge on any atom is -0.465 e. The van der Waals surface area contributed by atoms with Crippen molar-refractivity contribution in [1.82, 2.24) is 9.97 Å². The zero-order chi connectivity index (χ0) is 14.7. The average molecular weight is 310 g/mol. The monoisotopic (exact) mass is 310 g/mol. The van der Waals surface area contributed by atoms with Gasteiger partial charge in [0.2, 0.25) is 0 Å². The normalized spacial score (nSPS) is 11.2. The van der Waals surface area contributed by atoms with Gasteiger partial charge in [0.05, 0.1) is 12.4 Å². The number of hydrogen-bond donors (Lipinski definition) is 0. The summed E-state index contributed by atoms with van der Waals surface area (Å²) in [6, 6.07) is 0. The van der Waals surface area contributed by atoms with E-state index >= 15 is 0 Å². The topological polar surface area (TPSA) is 52.1 Å². The third kappa shape index (κ3) is 3.49. The molecule has 2 aromatic heterocycles. The van der Waals surface area contributed by atoms with Crippen molar-refractivity contribution in [1.29, 1.82) is 0 Å². The molecule has 2 aromatic rings. The van der Waals surface area contributed by atoms with Gasteiger partial charge in [0.25, 0.3) is 0 Å². The molecular formula is C14H18N2O2S2. The Morgan fingerprint density at radius 3 is 2.85 bits per heavy atom. The molecule has 0 saturated carbocycles. The second-order valence-corrected chi connectivity index (χ2v) is 7.18. The minimum absolute atomic E-state index is 0.194. The van der Waals surface area contributed by atoms with Crippen molar-refractivity contribution in [2.24, 2.45) is 5.92 Å². The van der Waals surface area contributed by atoms with Gasteiger partial charge in [-0.2, -0.15) is 0 Å². The molecule has 6 heteroatoms. The third-order valence-corrected chi connectivity index (χ3v) is 4.91. The number of esters is 1. The van der Waals surface area contributed by atoms with Crippen molar-refractivity contribution < 1.29 is 9.53 Å². The molecule has 0 fully saturated rings. The van der Waals surface area contributed by atoms with Crippen LogP contribution in [0, 0.1) is 19.8 Å². The van der Waals surface area contributed by atoms with Crippen LogP contribution in [0.1, 0.15) is 24.3 Å². The predicted octanol–water partition coefficient (Wildman–Crippen LogP) is 3.60. The number of carbonyl (C=O) groups is 1. The molecule has 0 spiro atoms. The number of aromatic nitrogens is 2. The SMILES string of the molecule is Cc1sc2ncnc(SCC(=O)OCC(C)C)c2c1C. The predicted molar refractivity (Wildman–Crippen MR) is 83.4 cm³/mol. The summed E-state index contributed by atoms with van der Waals surface area (Å²) in [5.41, 5.74) is 1.20. The highest BCUT2D eigenvalue weighted by molar-refractivity contribution is 8.00. The summed E-state index contributed by atoms with van der Waals surface area (Å²) in [6.07, 6.45) is 1.56. The molecule has 0 aliphatic carbocycles. The Balaban J connectivity index is 2.08. The number of aryl methyl sites for hydroxylation is 2. The maximum Gasteiger partial charge on any atom is 0.316 e. The Kier molecular flexibility index (Phi) is 4.99. The first-order valence-corrected chi connectivity index (χ1v) is 8.28. The van der Waals surface area contributed by atoms with E-state index in [0.29, 0.717) is 12.5 Å². The summed E-state index contributed by atoms with van der Waals surface area (Å²) >= 11 is 3.08. The molecule has 0 radical (unpaired) electrons. The first kappa shape index (κ1) is 15.3. The van der Waals surface area contributed by atoms with Crippen molar-refractivity contribution in [2.75, 3.05) is 12.4 Å². The first-order chi connectivity index (χ1) is 9.49. The molecule has 0 N–H and O–H groups in total. The molecule has 0 aliphatic rings. The van der Waals surface area contributed by atoms with E-state index in [-0.39, 0.29) is 11.7 Å². The van der Waals surface area contributed by atoms with Gasteiger partial charge in [-0.05, 0) is 25.3 Å². The van der Waals surface area contributed by atoms with Crippen LogP contribution in [-0.2, 0) is 9.53 Å². The van der Waals surface area contributed by atoms with Crippen LogP contribution in [0.2, 0.25) is 0 Å². The number of hydrogen-bond acceptors (Lipinski definition) is 6. The molecule has 0 aliphatic heterocycles. The van der Waals surface area contributed by atoms with Gasteiger partial charge in [-0.25, -0.2) is 9.97 Å². The minimum atomic E-state index is -0.194. The van der Waals surface area contributed by atoms with E-state index in [4.69, 9.17) is 4.74 Å². The van der Waals surface area contributed by atoms with Gasteiger partial charge in [-0.3, -0.25) is 4.79 Å². The lowest BCUT2D eigenvalue weighted by Crippen LogP contribution is -2.11. The Hall–Kier alpha value is -1.14. The van der Waals surface area contributed by atoms with E-state index in [2.05, 4.69) is 23.8 Å². The lowest BCUT2D eigenvalue weighted by Gasteiger charge is -2.07. The van der Waals surface area contributed by atoms with Crippen LogP contribution in [0.5, 0.6) is 0 Å². The largest absolute Gasteiger partial charge is 0.465 e. The van der Waals surface area contributed by atoms with Gasteiger partial charge in [0, 0.05) is 10.3 Å². The highest BCUT2D eigenvalue weighted by Gasteiger charge is 2.14. The fraction of sp³-hybridized carbons (Fsp3) is 0.500. The highest BCUT2D eigenvalue weighted by Crippen LogP contribution is 2.34. The van der Waals surface area contributed by atoms with Crippen molar-refractivity contribution >= 4 is 39.3 Å². The standard InChI is InChI=1S/C14H18N2O2S2/c1-8(2)5-18-11(17)6-19-13-12-9(3)10(4)20-14(12)16-7-15-13/h7-8H,5-6H2,1-4H3. The van der Waals surface area contributed by atoms with Gasteiger partial charge in [0.15, 0.2) is 0 Å². The number of rotatable bonds is 5. The van der Waals surface area contributed by atoms with Crippen LogP contribution in [-0.4, -0.2) is 28.3 Å². The van der Waals surface area contributed by atoms with Crippen LogP contribution in [0.4, 0.5) is 0 Å². The van der Waals surface area contributed by atoms with Crippen LogP contribution in [0.25, 0.3) is 10.2 Å². The fourth-order valence-corrected chi connectivity index (χ4v) is 3.60. The van der Waals surface area contributed by atoms with Gasteiger partial charge in [-0.1, -0.05) is 25.6 Å². The molecule has 20 heavy (non-hydrogen) atoms. The summed E-state index contributed by atoms with van der Waals surface area (Å²) in [5.74, 6) is 0.448. The maximum atomic E-state index is 11.7. The smallest absolute Gasteiger partial charge is 0.316 e. The first-order valence-electron chi connectivity index (χ1n) is 6.48. The Bertz CT molecular complexity index is 623. The lowest BCUT2D eigenvalue weighted by atomic mass is 10.2. The Labute approximate surface area is 127 Å². The second-order valence-electron chi connectivity index (χ2n) is 5.01. The summed E-state index contributed by atoms with van der Waals surface area (Å²) in [5, 5.41) is 1.93. The molecule has 0 saturated heterocycles. The molecule has 108 valence electrons. The summed E-state index contributed by atoms with van der Waals surface area (Å²) in [6.45, 7) is 8.65. The van der Waals surface area contributed by atoms with Crippen molar-refractivity contribution in [3.8, 4) is 0 Å². The van der Waals surface area contributed by atoms with E-state index in [1.54, 1.807) is 17.7 Å². The third-order valence-electron chi connectivity index (χ3n) is 2.83. The zero-order valence-electron chi connectivity index (χ0n) is 12.1. The van der Waals surface area contributed by atoms with Gasteiger partial charge in [0.1, 0.15) is 16.2 Å². The van der Waals surface area contributed by atoms with E-state index in [0.717, 1.165) is 15.2 Å². The highest BCUT2D eigenvalue weighted by atomic mass is 32.2. The summed E-state index contributed by atoms with van der Waals surface area (Å²) in [4.78, 5) is 22.5. The summed E-state index contributed by atoms with van der Waals surface area (Å²) in [7, 11) is 0. The Morgan fingerprint density at radius 1 is 1.40 bits per heavy atom. The molecule has 0 unspecified atom stereocenters. The van der Waals surface area contributed by atoms with E-state index in [9.17, 15) is 4.79 Å². The lowest BCUT2D eigenvalue weighted by molar-refractivity contribution is -0.141. The quantitative estimate of drug-likeness (QED) is 0.480. The number of carbonyl (C=O) groups excluding carboxylic acids is 1. The van der Waals surface area contributed by atoms with Crippen LogP contribution in [0.15, 0.2) is 11.4 Å². The Morgan fingerprint density at radius 2 is 2.15 bits per heavy atom. The molecule has 0 atom stereocenters. The molecule has 0 bridgehead atoms. The van der Waals surface area contributed by atoms with Crippen molar-refractivity contribution in [2.45, 2.75) is 32.7 Å². The van der Waals surface area contributed by atoms with Gasteiger partial charge >= 0.3 is 5.97 Å². The van der Waals surface area contributed by atoms with Crippen LogP contribution < -0.4 is 0 Å². The zero-order valence-corrected chi connectivity index (χ0v) is 13.7. The van der Waals surface area contributed by atoms with E-state index < -0.39 is 0 Å². The number of thiophene rings is 1. The van der Waals surface area contributed by atoms with Crippen LogP contribution in [0.3, 0.4) is 0 Å². The molecule has 2 rings (SSSR count). The number of thioether (sulfide) groups is 1. The second kappa shape index (κ2) is 6.54. The molecule has 0 aromatic carbocycles. The number of nitrogens with zero attached hydrogens (tertiary/aromatic N) is 2. The molecule has 2 heterocycles. The number of fused-ring (bicyclic) bond motifs is 1. The average Bonchev–Trinajstić information content (AvgIpc) is 2.70. The number of ether oxygens (including phenoxy) is 1. The van der Waals surface area contributed by atoms with Crippen molar-refractivity contribution in [3.05, 3.63) is 16.8 Å². The molecule has 0 amide bonds. The fourth-order valence-electron chi connectivity index (χ4n) is 1.69. The van der Waals surface area contributed by atoms with E-state index in [1.165, 1.54) is 22.2 Å². The van der Waals surface area contributed by atoms with Crippen molar-refractivity contribution in [3.63, 3.8) is 0 Å². The summed E-state index contributed by atoms with van der Waals surface area (Å²) < 4.78 is 5.17. The van der Waals surface area contributed by atoms with Crippen LogP contribution >= 0.6 is 23.1 Å².